The van der Waals surface area contributed by atoms with Gasteiger partial charge in [0.15, 0.2) is 11.5 Å². The molecule has 152 valence electrons. The third kappa shape index (κ3) is 5.04. The maximum atomic E-state index is 12.9. The second-order valence-electron chi connectivity index (χ2n) is 7.30. The Morgan fingerprint density at radius 2 is 2.07 bits per heavy atom. The molecule has 1 fully saturated rings. The molecule has 0 radical (unpaired) electrons. The third-order valence-corrected chi connectivity index (χ3v) is 5.27. The van der Waals surface area contributed by atoms with Crippen LogP contribution in [0.25, 0.3) is 0 Å². The third-order valence-electron chi connectivity index (χ3n) is 5.27. The monoisotopic (exact) mass is 386 g/mol. The molecule has 1 aromatic heterocycles. The Balaban J connectivity index is 1.60. The number of nitrogens with one attached hydrogen (secondary N) is 1. The average molecular weight is 386 g/mol. The van der Waals surface area contributed by atoms with Gasteiger partial charge in [-0.2, -0.15) is 5.10 Å². The molecule has 1 saturated heterocycles. The summed E-state index contributed by atoms with van der Waals surface area (Å²) in [5.74, 6) is 1.95. The fourth-order valence-corrected chi connectivity index (χ4v) is 3.58. The van der Waals surface area contributed by atoms with E-state index in [1.54, 1.807) is 24.1 Å². The molecule has 3 rings (SSSR count). The summed E-state index contributed by atoms with van der Waals surface area (Å²) in [6, 6.07) is 5.40. The zero-order valence-electron chi connectivity index (χ0n) is 17.0. The lowest BCUT2D eigenvalue weighted by Crippen LogP contribution is -2.38. The molecule has 2 heterocycles. The summed E-state index contributed by atoms with van der Waals surface area (Å²) in [5, 5.41) is 7.34. The smallest absolute Gasteiger partial charge is 0.253 e. The summed E-state index contributed by atoms with van der Waals surface area (Å²) in [6.45, 7) is 3.07. The molecular weight excluding hydrogens is 356 g/mol. The Labute approximate surface area is 166 Å². The van der Waals surface area contributed by atoms with E-state index in [1.807, 2.05) is 37.3 Å². The number of aromatic nitrogens is 2. The van der Waals surface area contributed by atoms with E-state index in [1.165, 1.54) is 6.42 Å². The number of piperidine rings is 1. The second-order valence-corrected chi connectivity index (χ2v) is 7.30. The number of benzene rings is 1. The predicted molar refractivity (Wildman–Crippen MR) is 108 cm³/mol. The Kier molecular flexibility index (Phi) is 6.92. The van der Waals surface area contributed by atoms with Crippen LogP contribution in [0.3, 0.4) is 0 Å². The minimum absolute atomic E-state index is 0.0594. The van der Waals surface area contributed by atoms with Crippen LogP contribution in [0, 0.1) is 5.92 Å². The average Bonchev–Trinajstić information content (AvgIpc) is 3.15. The molecule has 0 aliphatic carbocycles. The van der Waals surface area contributed by atoms with Gasteiger partial charge in [0.25, 0.3) is 5.91 Å². The van der Waals surface area contributed by atoms with E-state index in [-0.39, 0.29) is 5.91 Å². The van der Waals surface area contributed by atoms with E-state index in [2.05, 4.69) is 10.4 Å². The number of carbonyl (C=O) groups is 1. The van der Waals surface area contributed by atoms with Gasteiger partial charge in [0, 0.05) is 37.5 Å². The fraction of sp³-hybridized carbons (Fsp3) is 0.524. The fourth-order valence-electron chi connectivity index (χ4n) is 3.58. The normalized spacial score (nSPS) is 14.9. The second kappa shape index (κ2) is 9.59. The van der Waals surface area contributed by atoms with Crippen LogP contribution in [-0.2, 0) is 13.7 Å². The van der Waals surface area contributed by atoms with Crippen LogP contribution in [0.15, 0.2) is 30.6 Å². The molecule has 0 saturated carbocycles. The van der Waals surface area contributed by atoms with Gasteiger partial charge >= 0.3 is 0 Å². The molecule has 1 amide bonds. The zero-order chi connectivity index (χ0) is 19.9. The van der Waals surface area contributed by atoms with Gasteiger partial charge in [0.05, 0.1) is 13.3 Å². The molecular formula is C21H30N4O3. The Hall–Kier alpha value is -2.54. The maximum Gasteiger partial charge on any atom is 0.253 e. The van der Waals surface area contributed by atoms with Crippen LogP contribution in [-0.4, -0.2) is 54.4 Å². The van der Waals surface area contributed by atoms with E-state index in [0.29, 0.717) is 29.6 Å². The first kappa shape index (κ1) is 20.2. The van der Waals surface area contributed by atoms with Gasteiger partial charge in [-0.1, -0.05) is 0 Å². The van der Waals surface area contributed by atoms with Crippen molar-refractivity contribution in [2.45, 2.75) is 25.9 Å². The molecule has 0 unspecified atom stereocenters. The van der Waals surface area contributed by atoms with Gasteiger partial charge < -0.3 is 19.7 Å². The first-order valence-electron chi connectivity index (χ1n) is 9.83. The molecule has 0 atom stereocenters. The van der Waals surface area contributed by atoms with Crippen molar-refractivity contribution in [3.63, 3.8) is 0 Å². The van der Waals surface area contributed by atoms with Gasteiger partial charge in [0.1, 0.15) is 6.61 Å². The topological polar surface area (TPSA) is 68.6 Å². The molecule has 1 aliphatic heterocycles. The van der Waals surface area contributed by atoms with Crippen molar-refractivity contribution in [1.29, 1.82) is 0 Å². The summed E-state index contributed by atoms with van der Waals surface area (Å²) < 4.78 is 13.0. The van der Waals surface area contributed by atoms with Gasteiger partial charge in [-0.05, 0) is 57.0 Å². The van der Waals surface area contributed by atoms with Crippen LogP contribution in [0.5, 0.6) is 11.5 Å². The highest BCUT2D eigenvalue weighted by Gasteiger charge is 2.24. The van der Waals surface area contributed by atoms with E-state index in [4.69, 9.17) is 9.47 Å². The SMILES string of the molecule is CNCCC1CCN(C(=O)c2ccc(OCc3cnn(C)c3)c(OC)c2)CC1. The standard InChI is InChI=1S/C21H30N4O3/c1-22-9-6-16-7-10-25(11-8-16)21(26)18-4-5-19(20(12-18)27-3)28-15-17-13-23-24(2)14-17/h4-5,12-14,16,22H,6-11,15H2,1-3H3. The summed E-state index contributed by atoms with van der Waals surface area (Å²) in [4.78, 5) is 14.8. The number of rotatable bonds is 8. The van der Waals surface area contributed by atoms with Crippen LogP contribution >= 0.6 is 0 Å². The molecule has 2 aromatic rings. The van der Waals surface area contributed by atoms with Crippen LogP contribution in [0.4, 0.5) is 0 Å². The number of aryl methyl sites for hydroxylation is 1. The Morgan fingerprint density at radius 3 is 2.71 bits per heavy atom. The summed E-state index contributed by atoms with van der Waals surface area (Å²) >= 11 is 0. The molecule has 0 spiro atoms. The van der Waals surface area contributed by atoms with Gasteiger partial charge in [-0.25, -0.2) is 0 Å². The number of likely N-dealkylation sites (tertiary alicyclic amines) is 1. The van der Waals surface area contributed by atoms with E-state index < -0.39 is 0 Å². The lowest BCUT2D eigenvalue weighted by Gasteiger charge is -2.32. The first-order chi connectivity index (χ1) is 13.6. The molecule has 7 nitrogen and oxygen atoms in total. The van der Waals surface area contributed by atoms with Gasteiger partial charge in [-0.3, -0.25) is 9.48 Å². The number of amides is 1. The van der Waals surface area contributed by atoms with Crippen molar-refractivity contribution in [2.24, 2.45) is 13.0 Å². The molecule has 1 aliphatic rings. The van der Waals surface area contributed by atoms with E-state index in [9.17, 15) is 4.79 Å². The van der Waals surface area contributed by atoms with Crippen LogP contribution in [0.1, 0.15) is 35.2 Å². The summed E-state index contributed by atoms with van der Waals surface area (Å²) in [6.07, 6.45) is 6.98. The van der Waals surface area contributed by atoms with E-state index in [0.717, 1.165) is 38.0 Å². The lowest BCUT2D eigenvalue weighted by molar-refractivity contribution is 0.0686. The van der Waals surface area contributed by atoms with Gasteiger partial charge in [0.2, 0.25) is 0 Å². The summed E-state index contributed by atoms with van der Waals surface area (Å²) in [7, 11) is 5.44. The molecule has 1 N–H and O–H groups in total. The van der Waals surface area contributed by atoms with Crippen molar-refractivity contribution >= 4 is 5.91 Å². The molecule has 28 heavy (non-hydrogen) atoms. The van der Waals surface area contributed by atoms with E-state index >= 15 is 0 Å². The molecule has 1 aromatic carbocycles. The minimum Gasteiger partial charge on any atom is -0.493 e. The van der Waals surface area contributed by atoms with Gasteiger partial charge in [-0.15, -0.1) is 0 Å². The van der Waals surface area contributed by atoms with Crippen molar-refractivity contribution < 1.29 is 14.3 Å². The number of carbonyl (C=O) groups excluding carboxylic acids is 1. The number of hydrogen-bond acceptors (Lipinski definition) is 5. The van der Waals surface area contributed by atoms with Crippen molar-refractivity contribution in [3.8, 4) is 11.5 Å². The number of methoxy groups -OCH3 is 1. The highest BCUT2D eigenvalue weighted by molar-refractivity contribution is 5.95. The van der Waals surface area contributed by atoms with Crippen molar-refractivity contribution in [1.82, 2.24) is 20.0 Å². The maximum absolute atomic E-state index is 12.9. The Bertz CT molecular complexity index is 782. The van der Waals surface area contributed by atoms with Crippen molar-refractivity contribution in [2.75, 3.05) is 33.8 Å². The number of nitrogens with zero attached hydrogens (tertiary/aromatic N) is 3. The number of ether oxygens (including phenoxy) is 2. The largest absolute Gasteiger partial charge is 0.493 e. The minimum atomic E-state index is 0.0594. The first-order valence-corrected chi connectivity index (χ1v) is 9.83. The quantitative estimate of drug-likeness (QED) is 0.755. The molecule has 7 heteroatoms. The van der Waals surface area contributed by atoms with Crippen molar-refractivity contribution in [3.05, 3.63) is 41.7 Å². The highest BCUT2D eigenvalue weighted by atomic mass is 16.5. The Morgan fingerprint density at radius 1 is 1.29 bits per heavy atom. The van der Waals surface area contributed by atoms with Crippen LogP contribution in [0.2, 0.25) is 0 Å². The molecule has 0 bridgehead atoms. The van der Waals surface area contributed by atoms with Crippen LogP contribution < -0.4 is 14.8 Å². The summed E-state index contributed by atoms with van der Waals surface area (Å²) in [5.41, 5.74) is 1.62. The highest BCUT2D eigenvalue weighted by Crippen LogP contribution is 2.30. The predicted octanol–water partition coefficient (Wildman–Crippen LogP) is 2.47. The zero-order valence-corrected chi connectivity index (χ0v) is 17.0. The lowest BCUT2D eigenvalue weighted by atomic mass is 9.93. The number of hydrogen-bond donors (Lipinski definition) is 1.